The van der Waals surface area contributed by atoms with Crippen molar-refractivity contribution in [2.24, 2.45) is 0 Å². The van der Waals surface area contributed by atoms with Gasteiger partial charge in [0.1, 0.15) is 12.0 Å². The molecule has 2 aromatic carbocycles. The van der Waals surface area contributed by atoms with Gasteiger partial charge in [-0.2, -0.15) is 0 Å². The number of hydroxylamine groups is 1. The van der Waals surface area contributed by atoms with E-state index in [0.29, 0.717) is 17.7 Å². The predicted octanol–water partition coefficient (Wildman–Crippen LogP) is 2.24. The third-order valence-corrected chi connectivity index (χ3v) is 4.61. The molecule has 0 aliphatic heterocycles. The van der Waals surface area contributed by atoms with Gasteiger partial charge in [0.05, 0.1) is 17.9 Å². The van der Waals surface area contributed by atoms with E-state index in [1.54, 1.807) is 54.4 Å². The fraction of sp³-hybridized carbons (Fsp3) is 0.100. The summed E-state index contributed by atoms with van der Waals surface area (Å²) in [6, 6.07) is 12.0. The van der Waals surface area contributed by atoms with Crippen LogP contribution in [-0.4, -0.2) is 31.4 Å². The highest BCUT2D eigenvalue weighted by Crippen LogP contribution is 2.18. The van der Waals surface area contributed by atoms with E-state index in [-0.39, 0.29) is 5.91 Å². The number of imidazole rings is 1. The monoisotopic (exact) mass is 375 g/mol. The lowest BCUT2D eigenvalue weighted by molar-refractivity contribution is 0.0706. The van der Waals surface area contributed by atoms with Crippen molar-refractivity contribution in [1.29, 1.82) is 0 Å². The quantitative estimate of drug-likeness (QED) is 0.374. The molecule has 0 aliphatic rings. The minimum atomic E-state index is -0.582. The Balaban J connectivity index is 1.55. The third-order valence-electron chi connectivity index (χ3n) is 4.61. The highest BCUT2D eigenvalue weighted by atomic mass is 16.5. The molecular formula is C20H17N5O3. The lowest BCUT2D eigenvalue weighted by atomic mass is 10.0. The Morgan fingerprint density at radius 2 is 1.71 bits per heavy atom. The van der Waals surface area contributed by atoms with Crippen LogP contribution >= 0.6 is 0 Å². The molecule has 0 radical (unpaired) electrons. The molecule has 0 spiro atoms. The summed E-state index contributed by atoms with van der Waals surface area (Å²) in [5.74, 6) is -0.793. The molecule has 8 nitrogen and oxygen atoms in total. The van der Waals surface area contributed by atoms with Gasteiger partial charge in [-0.25, -0.2) is 15.4 Å². The molecule has 4 rings (SSSR count). The standard InChI is InChI=1S/C20H17N5O3/c1-12-17(25-11-21-7-6-18(25)23-12)10-22-19(26)15-4-2-14-9-16(20(27)24-28)5-3-13(14)8-15/h2-9,11,28H,10H2,1H3,(H,22,26)(H,24,27). The van der Waals surface area contributed by atoms with E-state index >= 15 is 0 Å². The van der Waals surface area contributed by atoms with Gasteiger partial charge < -0.3 is 5.32 Å². The van der Waals surface area contributed by atoms with Gasteiger partial charge in [-0.05, 0) is 48.0 Å². The maximum absolute atomic E-state index is 12.6. The number of fused-ring (bicyclic) bond motifs is 2. The minimum Gasteiger partial charge on any atom is -0.346 e. The summed E-state index contributed by atoms with van der Waals surface area (Å²) in [6.45, 7) is 2.22. The van der Waals surface area contributed by atoms with Gasteiger partial charge in [0.25, 0.3) is 11.8 Å². The molecule has 0 atom stereocenters. The minimum absolute atomic E-state index is 0.211. The molecule has 2 heterocycles. The molecule has 0 aliphatic carbocycles. The summed E-state index contributed by atoms with van der Waals surface area (Å²) in [7, 11) is 0. The van der Waals surface area contributed by atoms with Crippen molar-refractivity contribution in [1.82, 2.24) is 25.2 Å². The molecule has 0 fully saturated rings. The summed E-state index contributed by atoms with van der Waals surface area (Å²) in [5, 5.41) is 13.3. The fourth-order valence-electron chi connectivity index (χ4n) is 3.14. The third kappa shape index (κ3) is 3.17. The first-order valence-electron chi connectivity index (χ1n) is 8.61. The number of rotatable bonds is 4. The maximum Gasteiger partial charge on any atom is 0.274 e. The number of carbonyl (C=O) groups excluding carboxylic acids is 2. The fourth-order valence-corrected chi connectivity index (χ4v) is 3.14. The van der Waals surface area contributed by atoms with Crippen molar-refractivity contribution >= 4 is 28.2 Å². The summed E-state index contributed by atoms with van der Waals surface area (Å²) >= 11 is 0. The molecule has 0 bridgehead atoms. The van der Waals surface area contributed by atoms with E-state index < -0.39 is 5.91 Å². The van der Waals surface area contributed by atoms with Crippen LogP contribution in [0.25, 0.3) is 16.4 Å². The molecule has 140 valence electrons. The van der Waals surface area contributed by atoms with Crippen molar-refractivity contribution in [3.05, 3.63) is 77.5 Å². The van der Waals surface area contributed by atoms with Crippen LogP contribution in [0.4, 0.5) is 0 Å². The first-order chi connectivity index (χ1) is 13.6. The largest absolute Gasteiger partial charge is 0.346 e. The van der Waals surface area contributed by atoms with Crippen LogP contribution < -0.4 is 10.8 Å². The van der Waals surface area contributed by atoms with Crippen molar-refractivity contribution in [2.45, 2.75) is 13.5 Å². The number of nitrogens with zero attached hydrogens (tertiary/aromatic N) is 3. The number of aromatic nitrogens is 3. The first-order valence-corrected chi connectivity index (χ1v) is 8.61. The molecule has 2 amide bonds. The average molecular weight is 375 g/mol. The van der Waals surface area contributed by atoms with E-state index in [1.807, 2.05) is 17.4 Å². The van der Waals surface area contributed by atoms with Crippen molar-refractivity contribution < 1.29 is 14.8 Å². The van der Waals surface area contributed by atoms with Gasteiger partial charge in [0.2, 0.25) is 0 Å². The highest BCUT2D eigenvalue weighted by Gasteiger charge is 2.12. The second-order valence-corrected chi connectivity index (χ2v) is 6.35. The van der Waals surface area contributed by atoms with Gasteiger partial charge in [-0.15, -0.1) is 0 Å². The van der Waals surface area contributed by atoms with Crippen molar-refractivity contribution in [3.8, 4) is 0 Å². The lowest BCUT2D eigenvalue weighted by Crippen LogP contribution is -2.24. The number of amides is 2. The second-order valence-electron chi connectivity index (χ2n) is 6.35. The van der Waals surface area contributed by atoms with Crippen LogP contribution in [0, 0.1) is 6.92 Å². The first kappa shape index (κ1) is 17.6. The van der Waals surface area contributed by atoms with Gasteiger partial charge in [-0.3, -0.25) is 19.2 Å². The summed E-state index contributed by atoms with van der Waals surface area (Å²) < 4.78 is 1.85. The average Bonchev–Trinajstić information content (AvgIpc) is 3.05. The van der Waals surface area contributed by atoms with E-state index in [1.165, 1.54) is 0 Å². The molecule has 2 aromatic heterocycles. The predicted molar refractivity (Wildman–Crippen MR) is 102 cm³/mol. The normalized spacial score (nSPS) is 10.9. The van der Waals surface area contributed by atoms with Gasteiger partial charge in [0.15, 0.2) is 0 Å². The maximum atomic E-state index is 12.6. The molecule has 28 heavy (non-hydrogen) atoms. The number of aryl methyl sites for hydroxylation is 1. The molecule has 0 saturated carbocycles. The number of benzene rings is 2. The zero-order valence-corrected chi connectivity index (χ0v) is 15.0. The van der Waals surface area contributed by atoms with Crippen LogP contribution in [0.2, 0.25) is 0 Å². The molecular weight excluding hydrogens is 358 g/mol. The Morgan fingerprint density at radius 3 is 2.39 bits per heavy atom. The topological polar surface area (TPSA) is 109 Å². The second kappa shape index (κ2) is 7.09. The molecule has 4 aromatic rings. The van der Waals surface area contributed by atoms with Crippen LogP contribution in [0.15, 0.2) is 55.0 Å². The summed E-state index contributed by atoms with van der Waals surface area (Å²) in [6.07, 6.45) is 3.35. The Kier molecular flexibility index (Phi) is 4.46. The molecule has 0 saturated heterocycles. The zero-order chi connectivity index (χ0) is 19.7. The SMILES string of the molecule is Cc1nc2ccncn2c1CNC(=O)c1ccc2cc(C(=O)NO)ccc2c1. The van der Waals surface area contributed by atoms with E-state index in [2.05, 4.69) is 15.3 Å². The Bertz CT molecular complexity index is 1220. The van der Waals surface area contributed by atoms with Gasteiger partial charge in [0, 0.05) is 17.3 Å². The summed E-state index contributed by atoms with van der Waals surface area (Å²) in [5.41, 5.74) is 4.95. The van der Waals surface area contributed by atoms with E-state index in [9.17, 15) is 9.59 Å². The van der Waals surface area contributed by atoms with E-state index in [0.717, 1.165) is 27.8 Å². The van der Waals surface area contributed by atoms with Crippen molar-refractivity contribution in [2.75, 3.05) is 0 Å². The molecule has 0 unspecified atom stereocenters. The Morgan fingerprint density at radius 1 is 1.04 bits per heavy atom. The van der Waals surface area contributed by atoms with Crippen molar-refractivity contribution in [3.63, 3.8) is 0 Å². The Hall–Kier alpha value is -3.78. The smallest absolute Gasteiger partial charge is 0.274 e. The molecule has 3 N–H and O–H groups in total. The number of nitrogens with one attached hydrogen (secondary N) is 2. The van der Waals surface area contributed by atoms with E-state index in [4.69, 9.17) is 5.21 Å². The summed E-state index contributed by atoms with van der Waals surface area (Å²) in [4.78, 5) is 32.7. The Labute approximate surface area is 159 Å². The highest BCUT2D eigenvalue weighted by molar-refractivity contribution is 6.01. The number of hydrogen-bond donors (Lipinski definition) is 3. The van der Waals surface area contributed by atoms with Gasteiger partial charge in [-0.1, -0.05) is 12.1 Å². The molecule has 8 heteroatoms. The number of carbonyl (C=O) groups is 2. The van der Waals surface area contributed by atoms with Crippen LogP contribution in [-0.2, 0) is 6.54 Å². The van der Waals surface area contributed by atoms with Crippen LogP contribution in [0.3, 0.4) is 0 Å². The zero-order valence-electron chi connectivity index (χ0n) is 15.0. The lowest BCUT2D eigenvalue weighted by Gasteiger charge is -2.08. The van der Waals surface area contributed by atoms with Crippen LogP contribution in [0.5, 0.6) is 0 Å². The number of hydrogen-bond acceptors (Lipinski definition) is 5. The van der Waals surface area contributed by atoms with Crippen LogP contribution in [0.1, 0.15) is 32.1 Å². The van der Waals surface area contributed by atoms with Gasteiger partial charge >= 0.3 is 0 Å².